The number of nitrogens with two attached hydrogens (primary N) is 1. The summed E-state index contributed by atoms with van der Waals surface area (Å²) in [7, 11) is 1.68. The number of aliphatic hydroxyl groups is 1. The van der Waals surface area contributed by atoms with Crippen molar-refractivity contribution in [3.8, 4) is 5.75 Å². The topological polar surface area (TPSA) is 55.5 Å². The first kappa shape index (κ1) is 11.4. The summed E-state index contributed by atoms with van der Waals surface area (Å²) in [5, 5.41) is 9.51. The van der Waals surface area contributed by atoms with Crippen LogP contribution in [0.1, 0.15) is 24.0 Å². The van der Waals surface area contributed by atoms with Gasteiger partial charge in [-0.3, -0.25) is 0 Å². The van der Waals surface area contributed by atoms with Gasteiger partial charge in [-0.2, -0.15) is 0 Å². The average molecular weight is 221 g/mol. The van der Waals surface area contributed by atoms with Gasteiger partial charge in [0.15, 0.2) is 0 Å². The van der Waals surface area contributed by atoms with Gasteiger partial charge in [0, 0.05) is 12.0 Å². The smallest absolute Gasteiger partial charge is 0.122 e. The molecule has 0 atom stereocenters. The largest absolute Gasteiger partial charge is 0.496 e. The van der Waals surface area contributed by atoms with Gasteiger partial charge in [0.1, 0.15) is 5.75 Å². The third-order valence-electron chi connectivity index (χ3n) is 3.72. The van der Waals surface area contributed by atoms with Gasteiger partial charge in [-0.1, -0.05) is 12.1 Å². The van der Waals surface area contributed by atoms with Crippen LogP contribution in [0.15, 0.2) is 18.2 Å². The zero-order valence-corrected chi connectivity index (χ0v) is 9.86. The predicted octanol–water partition coefficient (Wildman–Crippen LogP) is 1.35. The summed E-state index contributed by atoms with van der Waals surface area (Å²) >= 11 is 0. The molecule has 0 heterocycles. The molecule has 1 aromatic carbocycles. The van der Waals surface area contributed by atoms with Crippen molar-refractivity contribution >= 4 is 0 Å². The number of methoxy groups -OCH3 is 1. The van der Waals surface area contributed by atoms with Crippen molar-refractivity contribution < 1.29 is 9.84 Å². The maximum atomic E-state index is 9.51. The summed E-state index contributed by atoms with van der Waals surface area (Å²) in [6.45, 7) is 2.63. The second kappa shape index (κ2) is 4.07. The van der Waals surface area contributed by atoms with Gasteiger partial charge in [0.25, 0.3) is 0 Å². The number of aliphatic hydroxyl groups excluding tert-OH is 1. The fourth-order valence-corrected chi connectivity index (χ4v) is 2.75. The summed E-state index contributed by atoms with van der Waals surface area (Å²) in [6, 6.07) is 6.04. The van der Waals surface area contributed by atoms with E-state index in [2.05, 4.69) is 13.0 Å². The maximum Gasteiger partial charge on any atom is 0.122 e. The molecule has 0 saturated heterocycles. The van der Waals surface area contributed by atoms with Gasteiger partial charge in [-0.05, 0) is 37.0 Å². The molecule has 3 nitrogen and oxygen atoms in total. The van der Waals surface area contributed by atoms with E-state index < -0.39 is 0 Å². The van der Waals surface area contributed by atoms with Crippen LogP contribution in [-0.4, -0.2) is 24.9 Å². The van der Waals surface area contributed by atoms with E-state index in [-0.39, 0.29) is 11.5 Å². The lowest BCUT2D eigenvalue weighted by Crippen LogP contribution is -2.50. The van der Waals surface area contributed by atoms with E-state index in [4.69, 9.17) is 10.5 Å². The second-order valence-electron chi connectivity index (χ2n) is 4.68. The first-order valence-electron chi connectivity index (χ1n) is 5.65. The summed E-state index contributed by atoms with van der Waals surface area (Å²) in [5.41, 5.74) is 8.19. The quantitative estimate of drug-likeness (QED) is 0.810. The fraction of sp³-hybridized carbons (Fsp3) is 0.538. The molecular formula is C13H19NO2. The molecule has 0 aliphatic heterocycles. The summed E-state index contributed by atoms with van der Waals surface area (Å²) in [6.07, 6.45) is 1.32. The standard InChI is InChI=1S/C13H19NO2/c1-9-11(4-3-5-12(9)16-2)13(8-14)6-10(15)7-13/h3-5,10,15H,6-8,14H2,1-2H3. The zero-order chi connectivity index (χ0) is 11.8. The van der Waals surface area contributed by atoms with Gasteiger partial charge in [-0.15, -0.1) is 0 Å². The number of hydrogen-bond acceptors (Lipinski definition) is 3. The minimum Gasteiger partial charge on any atom is -0.496 e. The van der Waals surface area contributed by atoms with Crippen LogP contribution < -0.4 is 10.5 Å². The van der Waals surface area contributed by atoms with Crippen LogP contribution >= 0.6 is 0 Å². The monoisotopic (exact) mass is 221 g/mol. The molecule has 1 aliphatic carbocycles. The third-order valence-corrected chi connectivity index (χ3v) is 3.72. The molecular weight excluding hydrogens is 202 g/mol. The Morgan fingerprint density at radius 2 is 2.19 bits per heavy atom. The molecule has 0 radical (unpaired) electrons. The number of ether oxygens (including phenoxy) is 1. The van der Waals surface area contributed by atoms with E-state index in [0.717, 1.165) is 24.2 Å². The Labute approximate surface area is 96.2 Å². The summed E-state index contributed by atoms with van der Waals surface area (Å²) in [5.74, 6) is 0.895. The molecule has 3 N–H and O–H groups in total. The minimum absolute atomic E-state index is 0.0436. The lowest BCUT2D eigenvalue weighted by Gasteiger charge is -2.46. The van der Waals surface area contributed by atoms with E-state index >= 15 is 0 Å². The Bertz CT molecular complexity index is 384. The van der Waals surface area contributed by atoms with Crippen molar-refractivity contribution in [2.45, 2.75) is 31.3 Å². The van der Waals surface area contributed by atoms with Crippen LogP contribution in [0.2, 0.25) is 0 Å². The highest BCUT2D eigenvalue weighted by Gasteiger charge is 2.44. The maximum absolute atomic E-state index is 9.51. The van der Waals surface area contributed by atoms with Gasteiger partial charge < -0.3 is 15.6 Å². The van der Waals surface area contributed by atoms with Gasteiger partial charge >= 0.3 is 0 Å². The molecule has 1 aliphatic rings. The van der Waals surface area contributed by atoms with Crippen LogP contribution in [0.5, 0.6) is 5.75 Å². The normalized spacial score (nSPS) is 28.6. The molecule has 0 unspecified atom stereocenters. The van der Waals surface area contributed by atoms with Gasteiger partial charge in [0.05, 0.1) is 13.2 Å². The highest BCUT2D eigenvalue weighted by atomic mass is 16.5. The highest BCUT2D eigenvalue weighted by molar-refractivity contribution is 5.45. The SMILES string of the molecule is COc1cccc(C2(CN)CC(O)C2)c1C. The molecule has 16 heavy (non-hydrogen) atoms. The predicted molar refractivity (Wildman–Crippen MR) is 63.7 cm³/mol. The Morgan fingerprint density at radius 1 is 1.50 bits per heavy atom. The number of hydrogen-bond donors (Lipinski definition) is 2. The lowest BCUT2D eigenvalue weighted by atomic mass is 9.62. The molecule has 88 valence electrons. The lowest BCUT2D eigenvalue weighted by molar-refractivity contribution is 0.0218. The molecule has 0 spiro atoms. The van der Waals surface area contributed by atoms with E-state index in [1.807, 2.05) is 12.1 Å². The van der Waals surface area contributed by atoms with E-state index in [1.165, 1.54) is 5.56 Å². The van der Waals surface area contributed by atoms with Gasteiger partial charge in [-0.25, -0.2) is 0 Å². The van der Waals surface area contributed by atoms with Crippen molar-refractivity contribution in [3.05, 3.63) is 29.3 Å². The van der Waals surface area contributed by atoms with E-state index in [1.54, 1.807) is 7.11 Å². The number of rotatable bonds is 3. The van der Waals surface area contributed by atoms with Crippen LogP contribution in [0.3, 0.4) is 0 Å². The zero-order valence-electron chi connectivity index (χ0n) is 9.86. The Kier molecular flexibility index (Phi) is 2.91. The first-order valence-corrected chi connectivity index (χ1v) is 5.65. The summed E-state index contributed by atoms with van der Waals surface area (Å²) in [4.78, 5) is 0. The van der Waals surface area contributed by atoms with Crippen molar-refractivity contribution in [1.29, 1.82) is 0 Å². The molecule has 1 fully saturated rings. The molecule has 0 bridgehead atoms. The minimum atomic E-state index is -0.200. The molecule has 0 amide bonds. The summed E-state index contributed by atoms with van der Waals surface area (Å²) < 4.78 is 5.32. The molecule has 1 saturated carbocycles. The molecule has 0 aromatic heterocycles. The van der Waals surface area contributed by atoms with Crippen molar-refractivity contribution in [2.24, 2.45) is 5.73 Å². The molecule has 1 aromatic rings. The van der Waals surface area contributed by atoms with Crippen LogP contribution in [0, 0.1) is 6.92 Å². The van der Waals surface area contributed by atoms with Crippen LogP contribution in [-0.2, 0) is 5.41 Å². The average Bonchev–Trinajstić information content (AvgIpc) is 2.25. The second-order valence-corrected chi connectivity index (χ2v) is 4.68. The van der Waals surface area contributed by atoms with Gasteiger partial charge in [0.2, 0.25) is 0 Å². The van der Waals surface area contributed by atoms with Crippen LogP contribution in [0.25, 0.3) is 0 Å². The fourth-order valence-electron chi connectivity index (χ4n) is 2.75. The Hall–Kier alpha value is -1.06. The Balaban J connectivity index is 2.40. The van der Waals surface area contributed by atoms with Crippen molar-refractivity contribution in [2.75, 3.05) is 13.7 Å². The van der Waals surface area contributed by atoms with Crippen molar-refractivity contribution in [1.82, 2.24) is 0 Å². The van der Waals surface area contributed by atoms with E-state index in [0.29, 0.717) is 6.54 Å². The third kappa shape index (κ3) is 1.60. The number of benzene rings is 1. The van der Waals surface area contributed by atoms with Crippen LogP contribution in [0.4, 0.5) is 0 Å². The molecule has 3 heteroatoms. The van der Waals surface area contributed by atoms with E-state index in [9.17, 15) is 5.11 Å². The van der Waals surface area contributed by atoms with Crippen molar-refractivity contribution in [3.63, 3.8) is 0 Å². The first-order chi connectivity index (χ1) is 7.63. The Morgan fingerprint density at radius 3 is 2.69 bits per heavy atom. The molecule has 2 rings (SSSR count). The highest BCUT2D eigenvalue weighted by Crippen LogP contribution is 2.45.